The highest BCUT2D eigenvalue weighted by Gasteiger charge is 2.08. The third-order valence-corrected chi connectivity index (χ3v) is 2.71. The van der Waals surface area contributed by atoms with Crippen molar-refractivity contribution in [1.29, 1.82) is 0 Å². The average molecular weight is 258 g/mol. The van der Waals surface area contributed by atoms with E-state index >= 15 is 0 Å². The Morgan fingerprint density at radius 1 is 1.00 bits per heavy atom. The van der Waals surface area contributed by atoms with Crippen LogP contribution in [-0.2, 0) is 0 Å². The molecule has 0 aromatic heterocycles. The Morgan fingerprint density at radius 2 is 1.75 bits per heavy atom. The Balaban J connectivity index is 2.58. The second kappa shape index (κ2) is 4.40. The molecule has 1 radical (unpaired) electrons. The molecule has 2 aromatic carbocycles. The summed E-state index contributed by atoms with van der Waals surface area (Å²) in [4.78, 5) is 0. The summed E-state index contributed by atoms with van der Waals surface area (Å²) in [5.41, 5.74) is 0.883. The number of benzene rings is 2. The average Bonchev–Trinajstić information content (AvgIpc) is 2.26. The number of rotatable bonds is 1. The van der Waals surface area contributed by atoms with Gasteiger partial charge in [0.2, 0.25) is 0 Å². The molecule has 0 N–H and O–H groups in total. The van der Waals surface area contributed by atoms with Gasteiger partial charge in [0.1, 0.15) is 11.6 Å². The summed E-state index contributed by atoms with van der Waals surface area (Å²) in [7, 11) is 0. The lowest BCUT2D eigenvalue weighted by Gasteiger charge is -2.05. The van der Waals surface area contributed by atoms with Crippen molar-refractivity contribution in [1.82, 2.24) is 0 Å². The summed E-state index contributed by atoms with van der Waals surface area (Å²) in [6, 6.07) is 9.01. The minimum atomic E-state index is -0.566. The van der Waals surface area contributed by atoms with E-state index in [2.05, 4.69) is 6.07 Å². The van der Waals surface area contributed by atoms with Crippen LogP contribution in [0.5, 0.6) is 0 Å². The van der Waals surface area contributed by atoms with Gasteiger partial charge in [-0.2, -0.15) is 0 Å². The summed E-state index contributed by atoms with van der Waals surface area (Å²) >= 11 is 11.4. The first-order valence-corrected chi connectivity index (χ1v) is 5.15. The molecule has 0 nitrogen and oxygen atoms in total. The second-order valence-electron chi connectivity index (χ2n) is 3.17. The SMILES string of the molecule is Fc1[c]cc(Cl)c(-c2ccc(Cl)c(F)c2)c1. The van der Waals surface area contributed by atoms with Gasteiger partial charge in [-0.3, -0.25) is 0 Å². The number of hydrogen-bond acceptors (Lipinski definition) is 0. The van der Waals surface area contributed by atoms with Gasteiger partial charge in [-0.25, -0.2) is 8.78 Å². The zero-order chi connectivity index (χ0) is 11.7. The Bertz CT molecular complexity index is 539. The van der Waals surface area contributed by atoms with Crippen LogP contribution in [0.2, 0.25) is 10.0 Å². The van der Waals surface area contributed by atoms with Crippen LogP contribution in [-0.4, -0.2) is 0 Å². The molecule has 0 bridgehead atoms. The molecule has 0 saturated heterocycles. The van der Waals surface area contributed by atoms with Crippen LogP contribution < -0.4 is 0 Å². The molecule has 0 heterocycles. The van der Waals surface area contributed by atoms with Crippen LogP contribution in [0.25, 0.3) is 11.1 Å². The lowest BCUT2D eigenvalue weighted by atomic mass is 10.1. The second-order valence-corrected chi connectivity index (χ2v) is 3.99. The van der Waals surface area contributed by atoms with Crippen molar-refractivity contribution >= 4 is 23.2 Å². The highest BCUT2D eigenvalue weighted by molar-refractivity contribution is 6.33. The predicted octanol–water partition coefficient (Wildman–Crippen LogP) is 4.74. The summed E-state index contributed by atoms with van der Waals surface area (Å²) in [5, 5.41) is 0.325. The van der Waals surface area contributed by atoms with E-state index < -0.39 is 11.6 Å². The van der Waals surface area contributed by atoms with Crippen molar-refractivity contribution in [3.05, 3.63) is 58.1 Å². The lowest BCUT2D eigenvalue weighted by molar-refractivity contribution is 0.624. The molecule has 0 fully saturated rings. The smallest absolute Gasteiger partial charge is 0.142 e. The maximum Gasteiger partial charge on any atom is 0.142 e. The first kappa shape index (κ1) is 11.4. The van der Waals surface area contributed by atoms with Gasteiger partial charge < -0.3 is 0 Å². The third kappa shape index (κ3) is 2.18. The van der Waals surface area contributed by atoms with Crippen LogP contribution in [0, 0.1) is 17.7 Å². The Kier molecular flexibility index (Phi) is 3.13. The molecule has 0 saturated carbocycles. The molecule has 0 spiro atoms. The van der Waals surface area contributed by atoms with Crippen molar-refractivity contribution in [3.8, 4) is 11.1 Å². The van der Waals surface area contributed by atoms with Gasteiger partial charge in [-0.15, -0.1) is 0 Å². The molecule has 0 unspecified atom stereocenters. The van der Waals surface area contributed by atoms with E-state index in [1.807, 2.05) is 0 Å². The molecule has 81 valence electrons. The van der Waals surface area contributed by atoms with E-state index in [1.165, 1.54) is 24.3 Å². The number of halogens is 4. The maximum atomic E-state index is 13.2. The Labute approximate surface area is 101 Å². The van der Waals surface area contributed by atoms with Gasteiger partial charge in [0.05, 0.1) is 5.02 Å². The van der Waals surface area contributed by atoms with Crippen LogP contribution in [0.3, 0.4) is 0 Å². The lowest BCUT2D eigenvalue weighted by Crippen LogP contribution is -1.85. The molecule has 4 heteroatoms. The standard InChI is InChI=1S/C12H5Cl2F2/c13-10-4-2-8(15)6-9(10)7-1-3-11(14)12(16)5-7/h1,3-6H. The zero-order valence-electron chi connectivity index (χ0n) is 7.90. The van der Waals surface area contributed by atoms with Gasteiger partial charge >= 0.3 is 0 Å². The maximum absolute atomic E-state index is 13.2. The molecular formula is C12H5Cl2F2. The largest absolute Gasteiger partial charge is 0.206 e. The molecule has 0 aliphatic rings. The first-order valence-electron chi connectivity index (χ1n) is 4.40. The van der Waals surface area contributed by atoms with Gasteiger partial charge in [0, 0.05) is 16.7 Å². The fourth-order valence-electron chi connectivity index (χ4n) is 1.33. The highest BCUT2D eigenvalue weighted by atomic mass is 35.5. The van der Waals surface area contributed by atoms with Gasteiger partial charge in [-0.1, -0.05) is 29.3 Å². The summed E-state index contributed by atoms with van der Waals surface area (Å²) < 4.78 is 26.2. The first-order chi connectivity index (χ1) is 7.58. The van der Waals surface area contributed by atoms with Gasteiger partial charge in [0.15, 0.2) is 0 Å². The monoisotopic (exact) mass is 257 g/mol. The normalized spacial score (nSPS) is 10.5. The van der Waals surface area contributed by atoms with Crippen molar-refractivity contribution in [2.75, 3.05) is 0 Å². The van der Waals surface area contributed by atoms with Crippen molar-refractivity contribution in [3.63, 3.8) is 0 Å². The summed E-state index contributed by atoms with van der Waals surface area (Å²) in [5.74, 6) is -1.11. The van der Waals surface area contributed by atoms with E-state index in [9.17, 15) is 8.78 Å². The summed E-state index contributed by atoms with van der Waals surface area (Å²) in [6.07, 6.45) is 0. The van der Waals surface area contributed by atoms with E-state index in [-0.39, 0.29) is 5.02 Å². The highest BCUT2D eigenvalue weighted by Crippen LogP contribution is 2.30. The van der Waals surface area contributed by atoms with Crippen LogP contribution in [0.15, 0.2) is 30.3 Å². The van der Waals surface area contributed by atoms with Gasteiger partial charge in [-0.05, 0) is 29.8 Å². The quantitative estimate of drug-likeness (QED) is 0.693. The zero-order valence-corrected chi connectivity index (χ0v) is 9.41. The molecule has 16 heavy (non-hydrogen) atoms. The van der Waals surface area contributed by atoms with E-state index in [4.69, 9.17) is 23.2 Å². The van der Waals surface area contributed by atoms with Gasteiger partial charge in [0.25, 0.3) is 0 Å². The summed E-state index contributed by atoms with van der Waals surface area (Å²) in [6.45, 7) is 0. The fraction of sp³-hybridized carbons (Fsp3) is 0. The van der Waals surface area contributed by atoms with Crippen molar-refractivity contribution in [2.45, 2.75) is 0 Å². The predicted molar refractivity (Wildman–Crippen MR) is 60.7 cm³/mol. The van der Waals surface area contributed by atoms with Crippen LogP contribution in [0.1, 0.15) is 0 Å². The van der Waals surface area contributed by atoms with Crippen molar-refractivity contribution in [2.24, 2.45) is 0 Å². The Hall–Kier alpha value is -1.12. The van der Waals surface area contributed by atoms with Crippen molar-refractivity contribution < 1.29 is 8.78 Å². The van der Waals surface area contributed by atoms with E-state index in [1.54, 1.807) is 6.07 Å². The molecule has 0 amide bonds. The van der Waals surface area contributed by atoms with E-state index in [0.29, 0.717) is 16.1 Å². The molecule has 0 aliphatic carbocycles. The van der Waals surface area contributed by atoms with Crippen LogP contribution >= 0.6 is 23.2 Å². The topological polar surface area (TPSA) is 0 Å². The molecule has 2 aromatic rings. The fourth-order valence-corrected chi connectivity index (χ4v) is 1.67. The number of hydrogen-bond donors (Lipinski definition) is 0. The minimum Gasteiger partial charge on any atom is -0.206 e. The molecular weight excluding hydrogens is 253 g/mol. The Morgan fingerprint density at radius 3 is 2.44 bits per heavy atom. The minimum absolute atomic E-state index is 0.0165. The van der Waals surface area contributed by atoms with E-state index in [0.717, 1.165) is 0 Å². The van der Waals surface area contributed by atoms with Crippen LogP contribution in [0.4, 0.5) is 8.78 Å². The molecule has 0 aliphatic heterocycles. The third-order valence-electron chi connectivity index (χ3n) is 2.10. The molecule has 0 atom stereocenters. The molecule has 2 rings (SSSR count).